The largest absolute Gasteiger partial charge is 0.469 e. The molecule has 4 atom stereocenters. The lowest BCUT2D eigenvalue weighted by molar-refractivity contribution is -0.159. The van der Waals surface area contributed by atoms with Crippen molar-refractivity contribution < 1.29 is 23.9 Å². The van der Waals surface area contributed by atoms with Crippen LogP contribution in [-0.2, 0) is 23.9 Å². The summed E-state index contributed by atoms with van der Waals surface area (Å²) in [7, 11) is 2.53. The third-order valence-electron chi connectivity index (χ3n) is 5.92. The molecule has 0 spiro atoms. The van der Waals surface area contributed by atoms with E-state index in [9.17, 15) is 14.4 Å². The first kappa shape index (κ1) is 13.3. The third kappa shape index (κ3) is 0.801. The zero-order chi connectivity index (χ0) is 15.1. The second kappa shape index (κ2) is 3.15. The fourth-order valence-electron chi connectivity index (χ4n) is 5.11. The second-order valence-electron chi connectivity index (χ2n) is 6.63. The molecule has 3 aliphatic carbocycles. The molecule has 0 amide bonds. The summed E-state index contributed by atoms with van der Waals surface area (Å²) in [4.78, 5) is 37.8. The number of methoxy groups -OCH3 is 2. The van der Waals surface area contributed by atoms with E-state index < -0.39 is 33.6 Å². The van der Waals surface area contributed by atoms with E-state index in [1.54, 1.807) is 20.8 Å². The standard InChI is InChI=1S/C15H18O5/c1-12(2)8-6-7-13(3)14(8,10(17)19-4)15(13,9(12)16)11(18)20-5/h6-8H,1-5H3. The van der Waals surface area contributed by atoms with E-state index >= 15 is 0 Å². The Morgan fingerprint density at radius 3 is 2.15 bits per heavy atom. The highest BCUT2D eigenvalue weighted by Gasteiger charge is 3.03. The summed E-state index contributed by atoms with van der Waals surface area (Å²) < 4.78 is 9.83. The molecule has 0 aromatic heterocycles. The van der Waals surface area contributed by atoms with Gasteiger partial charge in [-0.15, -0.1) is 0 Å². The molecule has 0 aromatic rings. The van der Waals surface area contributed by atoms with E-state index in [1.165, 1.54) is 14.2 Å². The smallest absolute Gasteiger partial charge is 0.321 e. The Bertz CT molecular complexity index is 589. The maximum absolute atomic E-state index is 12.9. The van der Waals surface area contributed by atoms with Crippen LogP contribution in [0.4, 0.5) is 0 Å². The number of carbonyl (C=O) groups is 3. The predicted molar refractivity (Wildman–Crippen MR) is 68.4 cm³/mol. The van der Waals surface area contributed by atoms with E-state index in [0.717, 1.165) is 0 Å². The molecular formula is C15H18O5. The quantitative estimate of drug-likeness (QED) is 0.430. The number of Topliss-reactive ketones (excluding diaryl/α,β-unsaturated/α-hetero) is 1. The van der Waals surface area contributed by atoms with Crippen molar-refractivity contribution in [2.75, 3.05) is 14.2 Å². The molecule has 20 heavy (non-hydrogen) atoms. The second-order valence-corrected chi connectivity index (χ2v) is 6.63. The Kier molecular flexibility index (Phi) is 2.10. The molecule has 0 radical (unpaired) electrons. The molecule has 3 rings (SSSR count). The van der Waals surface area contributed by atoms with Gasteiger partial charge in [-0.05, 0) is 0 Å². The van der Waals surface area contributed by atoms with Gasteiger partial charge in [-0.3, -0.25) is 14.4 Å². The van der Waals surface area contributed by atoms with Crippen LogP contribution in [0.1, 0.15) is 20.8 Å². The van der Waals surface area contributed by atoms with Crippen LogP contribution < -0.4 is 0 Å². The van der Waals surface area contributed by atoms with Crippen molar-refractivity contribution in [1.29, 1.82) is 0 Å². The average molecular weight is 278 g/mol. The molecule has 4 unspecified atom stereocenters. The first-order chi connectivity index (χ1) is 9.21. The van der Waals surface area contributed by atoms with Gasteiger partial charge < -0.3 is 9.47 Å². The van der Waals surface area contributed by atoms with Crippen LogP contribution in [0.15, 0.2) is 12.2 Å². The topological polar surface area (TPSA) is 69.7 Å². The van der Waals surface area contributed by atoms with Crippen molar-refractivity contribution in [3.05, 3.63) is 12.2 Å². The summed E-state index contributed by atoms with van der Waals surface area (Å²) in [5.74, 6) is -1.69. The zero-order valence-electron chi connectivity index (χ0n) is 12.3. The molecular weight excluding hydrogens is 260 g/mol. The minimum Gasteiger partial charge on any atom is -0.469 e. The Morgan fingerprint density at radius 1 is 1.10 bits per heavy atom. The van der Waals surface area contributed by atoms with Gasteiger partial charge in [-0.2, -0.15) is 0 Å². The van der Waals surface area contributed by atoms with Crippen molar-refractivity contribution >= 4 is 17.7 Å². The van der Waals surface area contributed by atoms with Crippen LogP contribution in [0, 0.1) is 27.6 Å². The fraction of sp³-hybridized carbons (Fsp3) is 0.667. The molecule has 0 aromatic carbocycles. The van der Waals surface area contributed by atoms with Gasteiger partial charge in [0.2, 0.25) is 0 Å². The summed E-state index contributed by atoms with van der Waals surface area (Å²) in [6, 6.07) is 0. The van der Waals surface area contributed by atoms with E-state index in [4.69, 9.17) is 9.47 Å². The Balaban J connectivity index is 2.32. The molecule has 0 bridgehead atoms. The lowest BCUT2D eigenvalue weighted by atomic mass is 9.71. The number of allylic oxidation sites excluding steroid dienone is 2. The first-order valence-corrected chi connectivity index (χ1v) is 6.62. The first-order valence-electron chi connectivity index (χ1n) is 6.62. The zero-order valence-corrected chi connectivity index (χ0v) is 12.3. The van der Waals surface area contributed by atoms with Crippen molar-refractivity contribution in [1.82, 2.24) is 0 Å². The van der Waals surface area contributed by atoms with Crippen molar-refractivity contribution in [3.63, 3.8) is 0 Å². The van der Waals surface area contributed by atoms with Crippen molar-refractivity contribution in [2.24, 2.45) is 27.6 Å². The number of fused-ring (bicyclic) bond motifs is 1. The van der Waals surface area contributed by atoms with Gasteiger partial charge in [0.25, 0.3) is 0 Å². The molecule has 0 heterocycles. The number of ketones is 1. The predicted octanol–water partition coefficient (Wildman–Crippen LogP) is 1.12. The highest BCUT2D eigenvalue weighted by Crippen LogP contribution is 2.92. The minimum absolute atomic E-state index is 0.222. The summed E-state index contributed by atoms with van der Waals surface area (Å²) in [6.07, 6.45) is 3.70. The van der Waals surface area contributed by atoms with E-state index in [1.807, 2.05) is 12.2 Å². The monoisotopic (exact) mass is 278 g/mol. The van der Waals surface area contributed by atoms with Crippen LogP contribution in [-0.4, -0.2) is 31.9 Å². The molecule has 3 aliphatic rings. The number of hydrogen-bond donors (Lipinski definition) is 0. The lowest BCUT2D eigenvalue weighted by Crippen LogP contribution is -2.38. The van der Waals surface area contributed by atoms with Crippen LogP contribution in [0.25, 0.3) is 0 Å². The average Bonchev–Trinajstić information content (AvgIpc) is 2.66. The molecule has 2 fully saturated rings. The Labute approximate surface area is 117 Å². The van der Waals surface area contributed by atoms with Crippen molar-refractivity contribution in [2.45, 2.75) is 20.8 Å². The molecule has 0 N–H and O–H groups in total. The normalized spacial score (nSPS) is 46.0. The summed E-state index contributed by atoms with van der Waals surface area (Å²) in [5.41, 5.74) is -4.18. The highest BCUT2D eigenvalue weighted by molar-refractivity contribution is 6.22. The molecule has 5 heteroatoms. The van der Waals surface area contributed by atoms with Gasteiger partial charge >= 0.3 is 11.9 Å². The summed E-state index contributed by atoms with van der Waals surface area (Å²) >= 11 is 0. The molecule has 5 nitrogen and oxygen atoms in total. The van der Waals surface area contributed by atoms with E-state index in [2.05, 4.69) is 0 Å². The SMILES string of the molecule is COC(=O)C12C(=O)C(C)(C)C3C=CC1(C)C32C(=O)OC. The van der Waals surface area contributed by atoms with Gasteiger partial charge in [-0.1, -0.05) is 32.9 Å². The molecule has 0 aliphatic heterocycles. The van der Waals surface area contributed by atoms with Crippen LogP contribution in [0.3, 0.4) is 0 Å². The maximum Gasteiger partial charge on any atom is 0.321 e. The van der Waals surface area contributed by atoms with Gasteiger partial charge in [0.05, 0.1) is 14.2 Å². The number of hydrogen-bond acceptors (Lipinski definition) is 5. The number of carbonyl (C=O) groups excluding carboxylic acids is 3. The van der Waals surface area contributed by atoms with Crippen LogP contribution in [0.2, 0.25) is 0 Å². The van der Waals surface area contributed by atoms with Gasteiger partial charge in [0.1, 0.15) is 5.41 Å². The molecule has 0 saturated heterocycles. The van der Waals surface area contributed by atoms with E-state index in [0.29, 0.717) is 0 Å². The van der Waals surface area contributed by atoms with Gasteiger partial charge in [0.15, 0.2) is 11.2 Å². The number of esters is 2. The van der Waals surface area contributed by atoms with Crippen LogP contribution >= 0.6 is 0 Å². The maximum atomic E-state index is 12.9. The summed E-state index contributed by atoms with van der Waals surface area (Å²) in [6.45, 7) is 5.32. The molecule has 2 saturated carbocycles. The lowest BCUT2D eigenvalue weighted by Gasteiger charge is -2.29. The fourth-order valence-corrected chi connectivity index (χ4v) is 5.11. The van der Waals surface area contributed by atoms with E-state index in [-0.39, 0.29) is 11.7 Å². The summed E-state index contributed by atoms with van der Waals surface area (Å²) in [5, 5.41) is 0. The van der Waals surface area contributed by atoms with Crippen LogP contribution in [0.5, 0.6) is 0 Å². The van der Waals surface area contributed by atoms with Crippen molar-refractivity contribution in [3.8, 4) is 0 Å². The molecule has 108 valence electrons. The Hall–Kier alpha value is -1.65. The number of ether oxygens (including phenoxy) is 2. The minimum atomic E-state index is -1.43. The number of rotatable bonds is 2. The Morgan fingerprint density at radius 2 is 1.65 bits per heavy atom. The highest BCUT2D eigenvalue weighted by atomic mass is 16.5. The van der Waals surface area contributed by atoms with Gasteiger partial charge in [-0.25, -0.2) is 0 Å². The van der Waals surface area contributed by atoms with Gasteiger partial charge in [0, 0.05) is 16.7 Å². The third-order valence-corrected chi connectivity index (χ3v) is 5.92.